The summed E-state index contributed by atoms with van der Waals surface area (Å²) in [4.78, 5) is 2.74. The zero-order valence-corrected chi connectivity index (χ0v) is 13.0. The van der Waals surface area contributed by atoms with E-state index in [1.165, 1.54) is 11.3 Å². The molecule has 104 valence electrons. The van der Waals surface area contributed by atoms with Crippen LogP contribution in [0.5, 0.6) is 0 Å². The molecule has 1 N–H and O–H groups in total. The Morgan fingerprint density at radius 3 is 2.74 bits per heavy atom. The lowest BCUT2D eigenvalue weighted by atomic mass is 10.2. The fourth-order valence-corrected chi connectivity index (χ4v) is 3.13. The minimum atomic E-state index is -0.843. The largest absolute Gasteiger partial charge is 0.381 e. The highest BCUT2D eigenvalue weighted by Crippen LogP contribution is 2.35. The second-order valence-electron chi connectivity index (χ2n) is 4.44. The first-order chi connectivity index (χ1) is 9.00. The lowest BCUT2D eigenvalue weighted by molar-refractivity contribution is 0.209. The Hall–Kier alpha value is -0.590. The second kappa shape index (κ2) is 6.24. The Bertz CT molecular complexity index is 553. The molecule has 0 amide bonds. The molecule has 0 fully saturated rings. The molecule has 4 nitrogen and oxygen atoms in total. The normalized spacial score (nSPS) is 13.2. The minimum absolute atomic E-state index is 0.454. The maximum Gasteiger partial charge on any atom is 0.133 e. The van der Waals surface area contributed by atoms with Crippen LogP contribution in [0.1, 0.15) is 16.7 Å². The van der Waals surface area contributed by atoms with E-state index >= 15 is 0 Å². The first kappa shape index (κ1) is 14.8. The number of aromatic nitrogens is 2. The molecule has 1 atom stereocenters. The first-order valence-electron chi connectivity index (χ1n) is 5.77. The Balaban J connectivity index is 2.28. The van der Waals surface area contributed by atoms with Gasteiger partial charge in [0, 0.05) is 6.54 Å². The fourth-order valence-electron chi connectivity index (χ4n) is 1.74. The summed E-state index contributed by atoms with van der Waals surface area (Å²) in [6.07, 6.45) is 0.710. The first-order valence-corrected chi connectivity index (χ1v) is 7.41. The molecule has 2 aromatic rings. The number of likely N-dealkylation sites (N-methyl/N-ethyl adjacent to an activating group) is 1. The molecule has 0 aliphatic heterocycles. The predicted octanol–water partition coefficient (Wildman–Crippen LogP) is 2.89. The highest BCUT2D eigenvalue weighted by Gasteiger charge is 2.22. The van der Waals surface area contributed by atoms with Crippen molar-refractivity contribution in [2.45, 2.75) is 12.6 Å². The van der Waals surface area contributed by atoms with Crippen LogP contribution in [0.2, 0.25) is 10.0 Å². The molecule has 0 aliphatic rings. The van der Waals surface area contributed by atoms with Crippen molar-refractivity contribution in [3.63, 3.8) is 0 Å². The van der Waals surface area contributed by atoms with E-state index in [-0.39, 0.29) is 0 Å². The highest BCUT2D eigenvalue weighted by atomic mass is 35.5. The van der Waals surface area contributed by atoms with Gasteiger partial charge in [-0.3, -0.25) is 4.68 Å². The summed E-state index contributed by atoms with van der Waals surface area (Å²) in [5, 5.41) is 17.5. The zero-order chi connectivity index (χ0) is 14.0. The molecule has 0 radical (unpaired) electrons. The Labute approximate surface area is 126 Å². The number of hydrogen-bond donors (Lipinski definition) is 1. The molecule has 0 saturated carbocycles. The fraction of sp³-hybridized carbons (Fsp3) is 0.417. The SMILES string of the molecule is CN(C)CCn1ncc(Cl)c1C(O)c1sccc1Cl. The molecule has 19 heavy (non-hydrogen) atoms. The summed E-state index contributed by atoms with van der Waals surface area (Å²) in [6.45, 7) is 1.48. The quantitative estimate of drug-likeness (QED) is 0.921. The summed E-state index contributed by atoms with van der Waals surface area (Å²) < 4.78 is 1.73. The van der Waals surface area contributed by atoms with Crippen LogP contribution in [0.4, 0.5) is 0 Å². The van der Waals surface area contributed by atoms with E-state index in [9.17, 15) is 5.11 Å². The molecule has 2 heterocycles. The van der Waals surface area contributed by atoms with Gasteiger partial charge in [-0.05, 0) is 25.5 Å². The average molecular weight is 320 g/mol. The van der Waals surface area contributed by atoms with Gasteiger partial charge in [-0.1, -0.05) is 23.2 Å². The third kappa shape index (κ3) is 3.30. The monoisotopic (exact) mass is 319 g/mol. The van der Waals surface area contributed by atoms with Gasteiger partial charge in [0.15, 0.2) is 0 Å². The lowest BCUT2D eigenvalue weighted by Crippen LogP contribution is -2.21. The van der Waals surface area contributed by atoms with Crippen LogP contribution in [0.3, 0.4) is 0 Å². The van der Waals surface area contributed by atoms with Gasteiger partial charge in [-0.15, -0.1) is 11.3 Å². The number of nitrogens with zero attached hydrogens (tertiary/aromatic N) is 3. The van der Waals surface area contributed by atoms with Crippen molar-refractivity contribution in [3.8, 4) is 0 Å². The van der Waals surface area contributed by atoms with Crippen molar-refractivity contribution in [1.82, 2.24) is 14.7 Å². The van der Waals surface area contributed by atoms with Gasteiger partial charge < -0.3 is 10.0 Å². The van der Waals surface area contributed by atoms with Gasteiger partial charge >= 0.3 is 0 Å². The third-order valence-electron chi connectivity index (χ3n) is 2.74. The van der Waals surface area contributed by atoms with E-state index in [4.69, 9.17) is 23.2 Å². The standard InChI is InChI=1S/C12H15Cl2N3OS/c1-16(2)4-5-17-10(9(14)7-15-17)11(18)12-8(13)3-6-19-12/h3,6-7,11,18H,4-5H2,1-2H3. The predicted molar refractivity (Wildman–Crippen MR) is 79.2 cm³/mol. The van der Waals surface area contributed by atoms with Crippen LogP contribution in [0.25, 0.3) is 0 Å². The summed E-state index contributed by atoms with van der Waals surface area (Å²) in [5.74, 6) is 0. The maximum atomic E-state index is 10.4. The second-order valence-corrected chi connectivity index (χ2v) is 6.20. The molecule has 0 spiro atoms. The van der Waals surface area contributed by atoms with Crippen LogP contribution in [-0.2, 0) is 6.54 Å². The van der Waals surface area contributed by atoms with Gasteiger partial charge in [0.05, 0.1) is 33.4 Å². The van der Waals surface area contributed by atoms with E-state index in [1.807, 2.05) is 24.4 Å². The van der Waals surface area contributed by atoms with Crippen molar-refractivity contribution in [2.24, 2.45) is 0 Å². The van der Waals surface area contributed by atoms with Crippen LogP contribution >= 0.6 is 34.5 Å². The van der Waals surface area contributed by atoms with E-state index < -0.39 is 6.10 Å². The van der Waals surface area contributed by atoms with Gasteiger partial charge in [-0.25, -0.2) is 0 Å². The van der Waals surface area contributed by atoms with E-state index in [0.29, 0.717) is 27.2 Å². The number of thiophene rings is 1. The van der Waals surface area contributed by atoms with Crippen molar-refractivity contribution in [3.05, 3.63) is 38.3 Å². The maximum absolute atomic E-state index is 10.4. The molecule has 2 aromatic heterocycles. The smallest absolute Gasteiger partial charge is 0.133 e. The van der Waals surface area contributed by atoms with Crippen molar-refractivity contribution < 1.29 is 5.11 Å². The number of aliphatic hydroxyl groups is 1. The van der Waals surface area contributed by atoms with Crippen LogP contribution in [-0.4, -0.2) is 40.4 Å². The average Bonchev–Trinajstić information content (AvgIpc) is 2.92. The van der Waals surface area contributed by atoms with Gasteiger partial charge in [0.1, 0.15) is 6.10 Å². The Morgan fingerprint density at radius 2 is 2.16 bits per heavy atom. The number of halogens is 2. The van der Waals surface area contributed by atoms with Gasteiger partial charge in [-0.2, -0.15) is 5.10 Å². The summed E-state index contributed by atoms with van der Waals surface area (Å²) in [6, 6.07) is 1.76. The van der Waals surface area contributed by atoms with Crippen molar-refractivity contribution in [1.29, 1.82) is 0 Å². The van der Waals surface area contributed by atoms with Gasteiger partial charge in [0.2, 0.25) is 0 Å². The molecular formula is C12H15Cl2N3OS. The zero-order valence-electron chi connectivity index (χ0n) is 10.7. The lowest BCUT2D eigenvalue weighted by Gasteiger charge is -2.15. The molecule has 0 aromatic carbocycles. The third-order valence-corrected chi connectivity index (χ3v) is 4.45. The minimum Gasteiger partial charge on any atom is -0.381 e. The summed E-state index contributed by atoms with van der Waals surface area (Å²) in [7, 11) is 3.97. The van der Waals surface area contributed by atoms with Crippen LogP contribution < -0.4 is 0 Å². The number of aliphatic hydroxyl groups excluding tert-OH is 1. The molecule has 0 saturated heterocycles. The molecular weight excluding hydrogens is 305 g/mol. The molecule has 0 bridgehead atoms. The van der Waals surface area contributed by atoms with Gasteiger partial charge in [0.25, 0.3) is 0 Å². The molecule has 0 aliphatic carbocycles. The summed E-state index contributed by atoms with van der Waals surface area (Å²) in [5.41, 5.74) is 0.591. The molecule has 2 rings (SSSR count). The summed E-state index contributed by atoms with van der Waals surface area (Å²) >= 11 is 13.6. The Kier molecular flexibility index (Phi) is 4.86. The molecule has 7 heteroatoms. The Morgan fingerprint density at radius 1 is 1.42 bits per heavy atom. The van der Waals surface area contributed by atoms with Crippen LogP contribution in [0.15, 0.2) is 17.6 Å². The van der Waals surface area contributed by atoms with Crippen molar-refractivity contribution >= 4 is 34.5 Å². The van der Waals surface area contributed by atoms with Crippen molar-refractivity contribution in [2.75, 3.05) is 20.6 Å². The van der Waals surface area contributed by atoms with E-state index in [2.05, 4.69) is 5.10 Å². The topological polar surface area (TPSA) is 41.3 Å². The van der Waals surface area contributed by atoms with E-state index in [1.54, 1.807) is 16.9 Å². The number of rotatable bonds is 5. The molecule has 1 unspecified atom stereocenters. The van der Waals surface area contributed by atoms with E-state index in [0.717, 1.165) is 6.54 Å². The number of hydrogen-bond acceptors (Lipinski definition) is 4. The van der Waals surface area contributed by atoms with Crippen LogP contribution in [0, 0.1) is 0 Å². The highest BCUT2D eigenvalue weighted by molar-refractivity contribution is 7.10.